The standard InChI is InChI=1S/C28H24ClF3N2O3/c1-37-18-8-6-16(7-9-18)20-13-22(35)24(25-19-5-3-2-4-15(19)10-11-33-25)27(36)23(20)26-21(29)12-17(14-34-26)28(30,31)32/h2-9,12,14,20,23-25,33H,10-11,13H2,1H3/t20-,23+,24+,25-/m0/s1. The van der Waals surface area contributed by atoms with Gasteiger partial charge in [-0.15, -0.1) is 0 Å². The third-order valence-electron chi connectivity index (χ3n) is 7.30. The molecule has 2 aromatic carbocycles. The Morgan fingerprint density at radius 1 is 1.05 bits per heavy atom. The number of ether oxygens (including phenoxy) is 1. The van der Waals surface area contributed by atoms with Gasteiger partial charge in [0, 0.05) is 24.6 Å². The number of ketones is 2. The van der Waals surface area contributed by atoms with E-state index in [4.69, 9.17) is 16.3 Å². The van der Waals surface area contributed by atoms with Gasteiger partial charge in [0.05, 0.1) is 35.2 Å². The Labute approximate surface area is 217 Å². The molecule has 2 aliphatic rings. The van der Waals surface area contributed by atoms with Crippen LogP contribution in [0.1, 0.15) is 52.2 Å². The van der Waals surface area contributed by atoms with Gasteiger partial charge in [0.2, 0.25) is 0 Å². The summed E-state index contributed by atoms with van der Waals surface area (Å²) in [5.41, 5.74) is 1.67. The molecule has 0 bridgehead atoms. The Balaban J connectivity index is 1.60. The summed E-state index contributed by atoms with van der Waals surface area (Å²) in [7, 11) is 1.52. The summed E-state index contributed by atoms with van der Waals surface area (Å²) >= 11 is 6.35. The number of hydrogen-bond acceptors (Lipinski definition) is 5. The molecule has 1 N–H and O–H groups in total. The van der Waals surface area contributed by atoms with Crippen molar-refractivity contribution in [3.05, 3.63) is 93.8 Å². The first-order valence-corrected chi connectivity index (χ1v) is 12.3. The number of aromatic nitrogens is 1. The molecule has 0 unspecified atom stereocenters. The fourth-order valence-electron chi connectivity index (χ4n) is 5.52. The van der Waals surface area contributed by atoms with Crippen molar-refractivity contribution in [2.45, 2.75) is 36.9 Å². The number of carbonyl (C=O) groups is 2. The molecule has 4 atom stereocenters. The lowest BCUT2D eigenvalue weighted by Crippen LogP contribution is -2.47. The van der Waals surface area contributed by atoms with Gasteiger partial charge in [0.15, 0.2) is 5.78 Å². The summed E-state index contributed by atoms with van der Waals surface area (Å²) in [5.74, 6) is -2.68. The lowest BCUT2D eigenvalue weighted by molar-refractivity contribution is -0.139. The minimum atomic E-state index is -4.63. The van der Waals surface area contributed by atoms with Gasteiger partial charge in [-0.05, 0) is 47.9 Å². The molecule has 1 aliphatic heterocycles. The quantitative estimate of drug-likeness (QED) is 0.442. The number of nitrogens with zero attached hydrogens (tertiary/aromatic N) is 1. The molecule has 1 aromatic heterocycles. The first-order chi connectivity index (χ1) is 17.7. The Morgan fingerprint density at radius 3 is 2.46 bits per heavy atom. The minimum Gasteiger partial charge on any atom is -0.497 e. The first-order valence-electron chi connectivity index (χ1n) is 11.9. The maximum absolute atomic E-state index is 14.2. The molecule has 37 heavy (non-hydrogen) atoms. The van der Waals surface area contributed by atoms with Gasteiger partial charge in [-0.1, -0.05) is 48.0 Å². The van der Waals surface area contributed by atoms with Crippen LogP contribution in [-0.2, 0) is 22.2 Å². The molecule has 1 saturated carbocycles. The van der Waals surface area contributed by atoms with E-state index in [1.165, 1.54) is 7.11 Å². The number of Topliss-reactive ketones (excluding diaryl/α,β-unsaturated/α-hetero) is 2. The second-order valence-electron chi connectivity index (χ2n) is 9.38. The Bertz CT molecular complexity index is 1340. The fraction of sp³-hybridized carbons (Fsp3) is 0.321. The molecule has 0 spiro atoms. The van der Waals surface area contributed by atoms with Gasteiger partial charge >= 0.3 is 6.18 Å². The summed E-state index contributed by atoms with van der Waals surface area (Å²) in [4.78, 5) is 31.8. The molecular formula is C28H24ClF3N2O3. The van der Waals surface area contributed by atoms with E-state index >= 15 is 0 Å². The molecule has 2 heterocycles. The molecule has 0 saturated heterocycles. The van der Waals surface area contributed by atoms with E-state index < -0.39 is 41.3 Å². The van der Waals surface area contributed by atoms with Crippen molar-refractivity contribution in [1.29, 1.82) is 0 Å². The van der Waals surface area contributed by atoms with Gasteiger partial charge in [-0.3, -0.25) is 14.6 Å². The normalized spacial score (nSPS) is 24.0. The van der Waals surface area contributed by atoms with Gasteiger partial charge in [-0.25, -0.2) is 0 Å². The third-order valence-corrected chi connectivity index (χ3v) is 7.60. The lowest BCUT2D eigenvalue weighted by atomic mass is 9.65. The molecule has 3 aromatic rings. The van der Waals surface area contributed by atoms with Crippen LogP contribution in [0.2, 0.25) is 5.02 Å². The van der Waals surface area contributed by atoms with Gasteiger partial charge in [0.25, 0.3) is 0 Å². The zero-order valence-electron chi connectivity index (χ0n) is 19.9. The summed E-state index contributed by atoms with van der Waals surface area (Å²) in [6.45, 7) is 0.602. The maximum atomic E-state index is 14.2. The van der Waals surface area contributed by atoms with Crippen molar-refractivity contribution in [2.24, 2.45) is 5.92 Å². The predicted molar refractivity (Wildman–Crippen MR) is 132 cm³/mol. The van der Waals surface area contributed by atoms with E-state index in [2.05, 4.69) is 10.3 Å². The van der Waals surface area contributed by atoms with E-state index in [9.17, 15) is 22.8 Å². The van der Waals surface area contributed by atoms with E-state index in [0.717, 1.165) is 23.6 Å². The predicted octanol–water partition coefficient (Wildman–Crippen LogP) is 5.67. The number of methoxy groups -OCH3 is 1. The maximum Gasteiger partial charge on any atom is 0.417 e. The highest BCUT2D eigenvalue weighted by atomic mass is 35.5. The highest BCUT2D eigenvalue weighted by molar-refractivity contribution is 6.31. The van der Waals surface area contributed by atoms with Crippen molar-refractivity contribution in [3.63, 3.8) is 0 Å². The molecule has 9 heteroatoms. The van der Waals surface area contributed by atoms with Gasteiger partial charge in [-0.2, -0.15) is 13.2 Å². The average molecular weight is 529 g/mol. The van der Waals surface area contributed by atoms with Crippen molar-refractivity contribution >= 4 is 23.2 Å². The molecule has 192 valence electrons. The van der Waals surface area contributed by atoms with Crippen molar-refractivity contribution in [2.75, 3.05) is 13.7 Å². The van der Waals surface area contributed by atoms with Crippen LogP contribution >= 0.6 is 11.6 Å². The summed E-state index contributed by atoms with van der Waals surface area (Å²) in [6, 6.07) is 14.9. The highest BCUT2D eigenvalue weighted by Gasteiger charge is 2.50. The summed E-state index contributed by atoms with van der Waals surface area (Å²) < 4.78 is 45.1. The Morgan fingerprint density at radius 2 is 1.78 bits per heavy atom. The second kappa shape index (κ2) is 9.91. The SMILES string of the molecule is COc1ccc([C@@H]2CC(=O)[C@H]([C@H]3NCCc4ccccc43)C(=O)[C@H]2c2ncc(C(F)(F)F)cc2Cl)cc1. The van der Waals surface area contributed by atoms with Crippen LogP contribution < -0.4 is 10.1 Å². The number of benzene rings is 2. The smallest absolute Gasteiger partial charge is 0.417 e. The number of fused-ring (bicyclic) bond motifs is 1. The van der Waals surface area contributed by atoms with Crippen LogP contribution in [0.3, 0.4) is 0 Å². The Hall–Kier alpha value is -3.23. The van der Waals surface area contributed by atoms with Gasteiger partial charge in [0.1, 0.15) is 11.5 Å². The molecular weight excluding hydrogens is 505 g/mol. The average Bonchev–Trinajstić information content (AvgIpc) is 2.88. The van der Waals surface area contributed by atoms with Crippen LogP contribution in [-0.4, -0.2) is 30.2 Å². The topological polar surface area (TPSA) is 68.3 Å². The summed E-state index contributed by atoms with van der Waals surface area (Å²) in [5, 5.41) is 3.08. The monoisotopic (exact) mass is 528 g/mol. The number of pyridine rings is 1. The largest absolute Gasteiger partial charge is 0.497 e. The molecule has 1 fully saturated rings. The zero-order chi connectivity index (χ0) is 26.3. The van der Waals surface area contributed by atoms with Crippen LogP contribution in [0.15, 0.2) is 60.8 Å². The second-order valence-corrected chi connectivity index (χ2v) is 9.78. The molecule has 0 radical (unpaired) electrons. The van der Waals surface area contributed by atoms with Crippen molar-refractivity contribution in [3.8, 4) is 5.75 Å². The van der Waals surface area contributed by atoms with E-state index in [-0.39, 0.29) is 22.9 Å². The number of hydrogen-bond donors (Lipinski definition) is 1. The molecule has 1 aliphatic carbocycles. The minimum absolute atomic E-state index is 0.0206. The zero-order valence-corrected chi connectivity index (χ0v) is 20.6. The fourth-order valence-corrected chi connectivity index (χ4v) is 5.80. The first kappa shape index (κ1) is 25.4. The van der Waals surface area contributed by atoms with Crippen molar-refractivity contribution in [1.82, 2.24) is 10.3 Å². The van der Waals surface area contributed by atoms with Crippen LogP contribution in [0.4, 0.5) is 13.2 Å². The number of alkyl halides is 3. The van der Waals surface area contributed by atoms with E-state index in [1.54, 1.807) is 24.3 Å². The molecule has 5 nitrogen and oxygen atoms in total. The lowest BCUT2D eigenvalue weighted by Gasteiger charge is -2.39. The molecule has 5 rings (SSSR count). The number of nitrogens with one attached hydrogen (secondary N) is 1. The highest BCUT2D eigenvalue weighted by Crippen LogP contribution is 2.48. The number of rotatable bonds is 4. The molecule has 0 amide bonds. The number of halogens is 4. The van der Waals surface area contributed by atoms with Crippen LogP contribution in [0.25, 0.3) is 0 Å². The number of carbonyl (C=O) groups excluding carboxylic acids is 2. The van der Waals surface area contributed by atoms with Gasteiger partial charge < -0.3 is 10.1 Å². The van der Waals surface area contributed by atoms with Crippen LogP contribution in [0.5, 0.6) is 5.75 Å². The van der Waals surface area contributed by atoms with Crippen molar-refractivity contribution < 1.29 is 27.5 Å². The van der Waals surface area contributed by atoms with E-state index in [1.807, 2.05) is 24.3 Å². The third kappa shape index (κ3) is 4.76. The van der Waals surface area contributed by atoms with E-state index in [0.29, 0.717) is 24.1 Å². The Kier molecular flexibility index (Phi) is 6.81. The summed E-state index contributed by atoms with van der Waals surface area (Å²) in [6.07, 6.45) is -3.15. The van der Waals surface area contributed by atoms with Crippen LogP contribution in [0, 0.1) is 5.92 Å².